The van der Waals surface area contributed by atoms with E-state index in [1.807, 2.05) is 0 Å². The molecule has 1 heterocycles. The number of nitrogens with zero attached hydrogens (tertiary/aromatic N) is 2. The Hall–Kier alpha value is -0.340. The van der Waals surface area contributed by atoms with Crippen LogP contribution in [0.3, 0.4) is 0 Å². The second-order valence-electron chi connectivity index (χ2n) is 4.78. The summed E-state index contributed by atoms with van der Waals surface area (Å²) in [7, 11) is 0. The lowest BCUT2D eigenvalue weighted by Crippen LogP contribution is -2.50. The molecule has 1 saturated heterocycles. The summed E-state index contributed by atoms with van der Waals surface area (Å²) in [6.07, 6.45) is 7.17. The average Bonchev–Trinajstić information content (AvgIpc) is 2.35. The zero-order chi connectivity index (χ0) is 11.8. The summed E-state index contributed by atoms with van der Waals surface area (Å²) in [5.74, 6) is 0. The van der Waals surface area contributed by atoms with Crippen molar-refractivity contribution in [3.8, 4) is 0 Å². The van der Waals surface area contributed by atoms with E-state index >= 15 is 0 Å². The van der Waals surface area contributed by atoms with Crippen molar-refractivity contribution in [1.29, 1.82) is 0 Å². The third kappa shape index (κ3) is 4.26. The maximum absolute atomic E-state index is 3.84. The molecule has 0 radical (unpaired) electrons. The van der Waals surface area contributed by atoms with Gasteiger partial charge in [0.05, 0.1) is 0 Å². The number of likely N-dealkylation sites (N-methyl/N-ethyl adjacent to an activating group) is 1. The van der Waals surface area contributed by atoms with Crippen molar-refractivity contribution in [2.24, 2.45) is 0 Å². The van der Waals surface area contributed by atoms with Gasteiger partial charge >= 0.3 is 0 Å². The lowest BCUT2D eigenvalue weighted by atomic mass is 10.0. The minimum absolute atomic E-state index is 0.794. The number of hydrogen-bond donors (Lipinski definition) is 0. The Morgan fingerprint density at radius 1 is 1.12 bits per heavy atom. The summed E-state index contributed by atoms with van der Waals surface area (Å²) >= 11 is 0. The van der Waals surface area contributed by atoms with Crippen LogP contribution in [0.15, 0.2) is 12.7 Å². The van der Waals surface area contributed by atoms with E-state index in [1.54, 1.807) is 0 Å². The van der Waals surface area contributed by atoms with Gasteiger partial charge in [-0.3, -0.25) is 4.90 Å². The molecule has 2 nitrogen and oxygen atoms in total. The molecule has 0 N–H and O–H groups in total. The number of allylic oxidation sites excluding steroid dienone is 1. The molecule has 1 atom stereocenters. The average molecular weight is 224 g/mol. The second-order valence-corrected chi connectivity index (χ2v) is 4.78. The van der Waals surface area contributed by atoms with Crippen LogP contribution in [0.25, 0.3) is 0 Å². The molecule has 0 amide bonds. The molecule has 2 heteroatoms. The highest BCUT2D eigenvalue weighted by atomic mass is 15.3. The molecule has 0 aromatic rings. The topological polar surface area (TPSA) is 6.48 Å². The first-order valence-electron chi connectivity index (χ1n) is 6.89. The monoisotopic (exact) mass is 224 g/mol. The van der Waals surface area contributed by atoms with Crippen LogP contribution >= 0.6 is 0 Å². The lowest BCUT2D eigenvalue weighted by molar-refractivity contribution is 0.0912. The molecule has 0 saturated carbocycles. The lowest BCUT2D eigenvalue weighted by Gasteiger charge is -2.39. The molecule has 1 unspecified atom stereocenters. The maximum Gasteiger partial charge on any atom is 0.0113 e. The molecule has 0 spiro atoms. The smallest absolute Gasteiger partial charge is 0.0113 e. The van der Waals surface area contributed by atoms with E-state index in [1.165, 1.54) is 58.4 Å². The zero-order valence-corrected chi connectivity index (χ0v) is 11.1. The van der Waals surface area contributed by atoms with Gasteiger partial charge in [0, 0.05) is 32.2 Å². The molecule has 1 fully saturated rings. The van der Waals surface area contributed by atoms with Crippen molar-refractivity contribution in [3.63, 3.8) is 0 Å². The highest BCUT2D eigenvalue weighted by molar-refractivity contribution is 4.80. The normalized spacial score (nSPS) is 20.9. The fraction of sp³-hybridized carbons (Fsp3) is 0.857. The van der Waals surface area contributed by atoms with Crippen molar-refractivity contribution in [2.45, 2.75) is 45.6 Å². The molecular formula is C14H28N2. The van der Waals surface area contributed by atoms with Crippen LogP contribution in [-0.4, -0.2) is 48.6 Å². The number of rotatable bonds is 7. The van der Waals surface area contributed by atoms with Crippen LogP contribution in [0, 0.1) is 0 Å². The highest BCUT2D eigenvalue weighted by Gasteiger charge is 2.21. The molecule has 0 aliphatic carbocycles. The fourth-order valence-corrected chi connectivity index (χ4v) is 2.60. The fourth-order valence-electron chi connectivity index (χ4n) is 2.60. The van der Waals surface area contributed by atoms with Gasteiger partial charge < -0.3 is 4.90 Å². The third-order valence-corrected chi connectivity index (χ3v) is 3.70. The van der Waals surface area contributed by atoms with Crippen molar-refractivity contribution in [1.82, 2.24) is 9.80 Å². The standard InChI is InChI=1S/C14H28N2/c1-4-7-9-14(8-5-2)16-12-10-15(6-3)11-13-16/h4,14H,1,5-13H2,2-3H3. The van der Waals surface area contributed by atoms with E-state index in [4.69, 9.17) is 0 Å². The van der Waals surface area contributed by atoms with Gasteiger partial charge in [-0.1, -0.05) is 26.3 Å². The van der Waals surface area contributed by atoms with Crippen LogP contribution in [0.4, 0.5) is 0 Å². The minimum atomic E-state index is 0.794. The summed E-state index contributed by atoms with van der Waals surface area (Å²) in [4.78, 5) is 5.24. The third-order valence-electron chi connectivity index (χ3n) is 3.70. The van der Waals surface area contributed by atoms with Gasteiger partial charge in [-0.15, -0.1) is 6.58 Å². The molecule has 94 valence electrons. The van der Waals surface area contributed by atoms with Crippen molar-refractivity contribution < 1.29 is 0 Å². The summed E-state index contributed by atoms with van der Waals surface area (Å²) < 4.78 is 0. The largest absolute Gasteiger partial charge is 0.301 e. The van der Waals surface area contributed by atoms with Gasteiger partial charge in [0.2, 0.25) is 0 Å². The molecular weight excluding hydrogens is 196 g/mol. The molecule has 16 heavy (non-hydrogen) atoms. The SMILES string of the molecule is C=CCCC(CCC)N1CCN(CC)CC1. The van der Waals surface area contributed by atoms with E-state index in [0.29, 0.717) is 0 Å². The molecule has 0 aromatic carbocycles. The van der Waals surface area contributed by atoms with Gasteiger partial charge in [-0.2, -0.15) is 0 Å². The van der Waals surface area contributed by atoms with Gasteiger partial charge in [0.25, 0.3) is 0 Å². The first-order valence-corrected chi connectivity index (χ1v) is 6.89. The van der Waals surface area contributed by atoms with E-state index in [0.717, 1.165) is 6.04 Å². The Balaban J connectivity index is 2.36. The zero-order valence-electron chi connectivity index (χ0n) is 11.1. The van der Waals surface area contributed by atoms with E-state index in [9.17, 15) is 0 Å². The van der Waals surface area contributed by atoms with E-state index < -0.39 is 0 Å². The minimum Gasteiger partial charge on any atom is -0.301 e. The first kappa shape index (κ1) is 13.7. The van der Waals surface area contributed by atoms with Gasteiger partial charge in [-0.25, -0.2) is 0 Å². The molecule has 1 rings (SSSR count). The quantitative estimate of drug-likeness (QED) is 0.614. The maximum atomic E-state index is 3.84. The second kappa shape index (κ2) is 7.86. The molecule has 0 bridgehead atoms. The van der Waals surface area contributed by atoms with Crippen molar-refractivity contribution >= 4 is 0 Å². The number of hydrogen-bond acceptors (Lipinski definition) is 2. The Bertz CT molecular complexity index is 183. The van der Waals surface area contributed by atoms with Crippen LogP contribution in [0.1, 0.15) is 39.5 Å². The summed E-state index contributed by atoms with van der Waals surface area (Å²) in [6, 6.07) is 0.794. The van der Waals surface area contributed by atoms with Crippen molar-refractivity contribution in [2.75, 3.05) is 32.7 Å². The number of piperazine rings is 1. The Labute approximate surface area is 101 Å². The van der Waals surface area contributed by atoms with Gasteiger partial charge in [0.1, 0.15) is 0 Å². The predicted molar refractivity (Wildman–Crippen MR) is 71.8 cm³/mol. The first-order chi connectivity index (χ1) is 7.81. The predicted octanol–water partition coefficient (Wildman–Crippen LogP) is 2.76. The van der Waals surface area contributed by atoms with E-state index in [-0.39, 0.29) is 0 Å². The van der Waals surface area contributed by atoms with Crippen molar-refractivity contribution in [3.05, 3.63) is 12.7 Å². The Morgan fingerprint density at radius 3 is 2.31 bits per heavy atom. The van der Waals surface area contributed by atoms with Crippen LogP contribution in [-0.2, 0) is 0 Å². The Morgan fingerprint density at radius 2 is 1.81 bits per heavy atom. The molecule has 1 aliphatic rings. The van der Waals surface area contributed by atoms with Gasteiger partial charge in [0.15, 0.2) is 0 Å². The van der Waals surface area contributed by atoms with Crippen LogP contribution in [0.2, 0.25) is 0 Å². The van der Waals surface area contributed by atoms with Crippen LogP contribution < -0.4 is 0 Å². The Kier molecular flexibility index (Phi) is 6.74. The highest BCUT2D eigenvalue weighted by Crippen LogP contribution is 2.15. The van der Waals surface area contributed by atoms with E-state index in [2.05, 4.69) is 36.3 Å². The molecule has 1 aliphatic heterocycles. The van der Waals surface area contributed by atoms with Crippen LogP contribution in [0.5, 0.6) is 0 Å². The summed E-state index contributed by atoms with van der Waals surface area (Å²) in [6.45, 7) is 14.6. The summed E-state index contributed by atoms with van der Waals surface area (Å²) in [5.41, 5.74) is 0. The molecule has 0 aromatic heterocycles. The van der Waals surface area contributed by atoms with Gasteiger partial charge in [-0.05, 0) is 25.8 Å². The summed E-state index contributed by atoms with van der Waals surface area (Å²) in [5, 5.41) is 0.